The fraction of sp³-hybridized carbons (Fsp3) is 0.391. The molecule has 0 saturated carbocycles. The molecule has 0 radical (unpaired) electrons. The van der Waals surface area contributed by atoms with Crippen molar-refractivity contribution in [2.75, 3.05) is 42.7 Å². The predicted molar refractivity (Wildman–Crippen MR) is 131 cm³/mol. The van der Waals surface area contributed by atoms with Crippen LogP contribution in [-0.2, 0) is 16.7 Å². The molecule has 1 unspecified atom stereocenters. The van der Waals surface area contributed by atoms with Gasteiger partial charge in [0, 0.05) is 45.0 Å². The molecule has 2 aromatic heterocycles. The van der Waals surface area contributed by atoms with Crippen LogP contribution >= 0.6 is 11.8 Å². The Morgan fingerprint density at radius 1 is 1.26 bits per heavy atom. The first-order valence-electron chi connectivity index (χ1n) is 11.5. The maximum absolute atomic E-state index is 13.6. The highest BCUT2D eigenvalue weighted by molar-refractivity contribution is 7.99. The van der Waals surface area contributed by atoms with Crippen LogP contribution in [0.3, 0.4) is 0 Å². The van der Waals surface area contributed by atoms with Gasteiger partial charge in [-0.2, -0.15) is 13.2 Å². The lowest BCUT2D eigenvalue weighted by Gasteiger charge is -2.40. The Hall–Kier alpha value is -3.74. The molecule has 2 aliphatic heterocycles. The molecule has 0 bridgehead atoms. The van der Waals surface area contributed by atoms with E-state index >= 15 is 0 Å². The molecular weight excluding hydrogens is 527 g/mol. The van der Waals surface area contributed by atoms with E-state index < -0.39 is 24.0 Å². The number of rotatable bonds is 5. The summed E-state index contributed by atoms with van der Waals surface area (Å²) in [6, 6.07) is 7.05. The van der Waals surface area contributed by atoms with Crippen LogP contribution in [0.1, 0.15) is 6.92 Å². The van der Waals surface area contributed by atoms with Crippen LogP contribution < -0.4 is 20.8 Å². The molecule has 1 atom stereocenters. The number of piperazine rings is 1. The van der Waals surface area contributed by atoms with E-state index in [2.05, 4.69) is 27.1 Å². The number of hydroxylamine groups is 1. The molecule has 1 fully saturated rings. The van der Waals surface area contributed by atoms with Gasteiger partial charge in [0.25, 0.3) is 10.8 Å². The summed E-state index contributed by atoms with van der Waals surface area (Å²) < 4.78 is 46.8. The number of oxazole rings is 1. The molecule has 15 heteroatoms. The second kappa shape index (κ2) is 10.2. The molecule has 1 N–H and O–H groups in total. The Labute approximate surface area is 218 Å². The number of alkyl halides is 3. The highest BCUT2D eigenvalue weighted by atomic mass is 32.2. The summed E-state index contributed by atoms with van der Waals surface area (Å²) in [6.45, 7) is 3.53. The Morgan fingerprint density at radius 2 is 2.00 bits per heavy atom. The van der Waals surface area contributed by atoms with Gasteiger partial charge in [-0.3, -0.25) is 14.3 Å². The van der Waals surface area contributed by atoms with Crippen LogP contribution in [0.15, 0.2) is 43.9 Å². The summed E-state index contributed by atoms with van der Waals surface area (Å²) in [5, 5.41) is 4.18. The van der Waals surface area contributed by atoms with Gasteiger partial charge < -0.3 is 19.5 Å². The minimum atomic E-state index is -5.26. The SMILES string of the molecule is CC#CCN1c2c(nc(Sc3nc4ccccc4o3)n(C)c2=O)N(OC(=O)C(F)(F)F)C1N1CCNCC1. The number of aromatic nitrogens is 3. The number of halogens is 3. The van der Waals surface area contributed by atoms with E-state index in [0.29, 0.717) is 37.3 Å². The Kier molecular flexibility index (Phi) is 6.95. The number of nitrogens with zero attached hydrogens (tertiary/aromatic N) is 6. The molecule has 200 valence electrons. The number of para-hydroxylation sites is 2. The van der Waals surface area contributed by atoms with E-state index in [1.807, 2.05) is 0 Å². The number of hydrogen-bond donors (Lipinski definition) is 1. The third-order valence-electron chi connectivity index (χ3n) is 5.96. The fourth-order valence-electron chi connectivity index (χ4n) is 4.20. The Balaban J connectivity index is 1.62. The molecule has 1 aromatic carbocycles. The molecule has 11 nitrogen and oxygen atoms in total. The second-order valence-corrected chi connectivity index (χ2v) is 9.29. The number of hydrogen-bond acceptors (Lipinski definition) is 11. The van der Waals surface area contributed by atoms with Gasteiger partial charge in [-0.15, -0.1) is 11.0 Å². The van der Waals surface area contributed by atoms with Crippen LogP contribution in [0.5, 0.6) is 0 Å². The van der Waals surface area contributed by atoms with Crippen LogP contribution in [-0.4, -0.2) is 70.6 Å². The monoisotopic (exact) mass is 549 g/mol. The Morgan fingerprint density at radius 3 is 2.68 bits per heavy atom. The number of fused-ring (bicyclic) bond motifs is 2. The molecule has 0 amide bonds. The minimum absolute atomic E-state index is 0.00724. The summed E-state index contributed by atoms with van der Waals surface area (Å²) in [4.78, 5) is 42.6. The molecule has 1 saturated heterocycles. The van der Waals surface area contributed by atoms with Crippen molar-refractivity contribution >= 4 is 40.3 Å². The van der Waals surface area contributed by atoms with Gasteiger partial charge in [-0.1, -0.05) is 18.1 Å². The predicted octanol–water partition coefficient (Wildman–Crippen LogP) is 1.93. The summed E-state index contributed by atoms with van der Waals surface area (Å²) in [5.74, 6) is 2.94. The summed E-state index contributed by atoms with van der Waals surface area (Å²) in [5.41, 5.74) is 0.517. The van der Waals surface area contributed by atoms with Gasteiger partial charge in [0.05, 0.1) is 6.54 Å². The lowest BCUT2D eigenvalue weighted by Crippen LogP contribution is -2.61. The normalized spacial score (nSPS) is 17.9. The standard InChI is InChI=1S/C23H22F3N7O4S/c1-3-4-11-32-16-17(33(37-19(35)23(24,25)26)22(32)31-12-9-27-10-13-31)29-20(30(2)18(16)34)38-21-28-14-7-5-6-8-15(14)36-21/h5-8,22,27H,9-13H2,1-2H3. The van der Waals surface area contributed by atoms with Crippen molar-refractivity contribution in [3.63, 3.8) is 0 Å². The maximum Gasteiger partial charge on any atom is 0.493 e. The van der Waals surface area contributed by atoms with Crippen molar-refractivity contribution in [3.05, 3.63) is 34.6 Å². The topological polar surface area (TPSA) is 109 Å². The second-order valence-electron chi connectivity index (χ2n) is 8.37. The number of anilines is 2. The molecule has 38 heavy (non-hydrogen) atoms. The van der Waals surface area contributed by atoms with Crippen molar-refractivity contribution in [3.8, 4) is 11.8 Å². The molecule has 4 heterocycles. The number of carbonyl (C=O) groups is 1. The quantitative estimate of drug-likeness (QED) is 0.373. The molecule has 0 aliphatic carbocycles. The third kappa shape index (κ3) is 4.77. The largest absolute Gasteiger partial charge is 0.493 e. The Bertz CT molecular complexity index is 1460. The van der Waals surface area contributed by atoms with Crippen LogP contribution in [0.2, 0.25) is 0 Å². The van der Waals surface area contributed by atoms with E-state index in [0.717, 1.165) is 16.8 Å². The highest BCUT2D eigenvalue weighted by Crippen LogP contribution is 2.40. The van der Waals surface area contributed by atoms with Gasteiger partial charge in [-0.25, -0.2) is 14.8 Å². The zero-order valence-corrected chi connectivity index (χ0v) is 21.1. The molecule has 0 spiro atoms. The zero-order valence-electron chi connectivity index (χ0n) is 20.3. The fourth-order valence-corrected chi connectivity index (χ4v) is 4.98. The van der Waals surface area contributed by atoms with E-state index in [4.69, 9.17) is 9.25 Å². The molecule has 3 aromatic rings. The van der Waals surface area contributed by atoms with Gasteiger partial charge in [-0.05, 0) is 19.1 Å². The minimum Gasteiger partial charge on any atom is -0.431 e. The van der Waals surface area contributed by atoms with Crippen LogP contribution in [0.4, 0.5) is 24.7 Å². The number of carbonyl (C=O) groups excluding carboxylic acids is 1. The molecule has 2 aliphatic rings. The van der Waals surface area contributed by atoms with E-state index in [1.165, 1.54) is 16.5 Å². The summed E-state index contributed by atoms with van der Waals surface area (Å²) in [7, 11) is 1.48. The smallest absolute Gasteiger partial charge is 0.431 e. The summed E-state index contributed by atoms with van der Waals surface area (Å²) >= 11 is 0.917. The third-order valence-corrected chi connectivity index (χ3v) is 6.86. The summed E-state index contributed by atoms with van der Waals surface area (Å²) in [6.07, 6.45) is -6.33. The molecule has 5 rings (SSSR count). The first kappa shape index (κ1) is 25.9. The van der Waals surface area contributed by atoms with Crippen LogP contribution in [0, 0.1) is 11.8 Å². The van der Waals surface area contributed by atoms with E-state index in [1.54, 1.807) is 36.1 Å². The van der Waals surface area contributed by atoms with Crippen molar-refractivity contribution in [1.29, 1.82) is 0 Å². The highest BCUT2D eigenvalue weighted by Gasteiger charge is 2.50. The van der Waals surface area contributed by atoms with Crippen molar-refractivity contribution in [2.45, 2.75) is 29.8 Å². The first-order valence-corrected chi connectivity index (χ1v) is 12.3. The van der Waals surface area contributed by atoms with Gasteiger partial charge in [0.1, 0.15) is 5.52 Å². The molecular formula is C23H22F3N7O4S. The van der Waals surface area contributed by atoms with E-state index in [9.17, 15) is 22.8 Å². The lowest BCUT2D eigenvalue weighted by atomic mass is 10.3. The van der Waals surface area contributed by atoms with Crippen LogP contribution in [0.25, 0.3) is 11.1 Å². The average Bonchev–Trinajstić information content (AvgIpc) is 3.44. The number of nitrogens with one attached hydrogen (secondary N) is 1. The van der Waals surface area contributed by atoms with Crippen molar-refractivity contribution in [1.82, 2.24) is 24.8 Å². The van der Waals surface area contributed by atoms with Crippen molar-refractivity contribution < 1.29 is 27.2 Å². The van der Waals surface area contributed by atoms with Gasteiger partial charge in [0.2, 0.25) is 0 Å². The van der Waals surface area contributed by atoms with Gasteiger partial charge >= 0.3 is 12.1 Å². The average molecular weight is 550 g/mol. The maximum atomic E-state index is 13.6. The number of benzene rings is 1. The van der Waals surface area contributed by atoms with Crippen molar-refractivity contribution in [2.24, 2.45) is 7.05 Å². The van der Waals surface area contributed by atoms with Gasteiger partial charge in [0.15, 0.2) is 28.5 Å². The first-order chi connectivity index (χ1) is 18.2. The zero-order chi connectivity index (χ0) is 27.0. The lowest BCUT2D eigenvalue weighted by molar-refractivity contribution is -0.203. The van der Waals surface area contributed by atoms with E-state index in [-0.39, 0.29) is 28.4 Å².